The van der Waals surface area contributed by atoms with E-state index in [-0.39, 0.29) is 17.5 Å². The Hall–Kier alpha value is -4.52. The molecule has 4 aromatic rings. The number of Topliss-reactive ketones (excluding diaryl/α,β-unsaturated/α-hetero) is 1. The van der Waals surface area contributed by atoms with E-state index in [2.05, 4.69) is 0 Å². The van der Waals surface area contributed by atoms with Crippen LogP contribution in [0.2, 0.25) is 0 Å². The van der Waals surface area contributed by atoms with Gasteiger partial charge in [0.05, 0.1) is 25.3 Å². The van der Waals surface area contributed by atoms with Crippen LogP contribution in [0.3, 0.4) is 0 Å². The Morgan fingerprint density at radius 2 is 1.77 bits per heavy atom. The van der Waals surface area contributed by atoms with E-state index >= 15 is 0 Å². The van der Waals surface area contributed by atoms with Crippen molar-refractivity contribution in [1.82, 2.24) is 4.57 Å². The molecule has 1 aliphatic rings. The molecule has 7 nitrogen and oxygen atoms in total. The number of carbonyl (C=O) groups excluding carboxylic acids is 2. The van der Waals surface area contributed by atoms with E-state index in [1.165, 1.54) is 7.11 Å². The smallest absolute Gasteiger partial charge is 0.337 e. The predicted octanol–water partition coefficient (Wildman–Crippen LogP) is 5.17. The van der Waals surface area contributed by atoms with Crippen molar-refractivity contribution < 1.29 is 28.5 Å². The van der Waals surface area contributed by atoms with Crippen molar-refractivity contribution in [3.63, 3.8) is 0 Å². The molecule has 0 atom stereocenters. The zero-order chi connectivity index (χ0) is 24.5. The fraction of sp³-hybridized carbons (Fsp3) is 0.143. The van der Waals surface area contributed by atoms with Gasteiger partial charge in [-0.15, -0.1) is 0 Å². The van der Waals surface area contributed by atoms with Gasteiger partial charge in [0.25, 0.3) is 0 Å². The van der Waals surface area contributed by atoms with Crippen LogP contribution in [0.25, 0.3) is 17.0 Å². The maximum atomic E-state index is 13.0. The summed E-state index contributed by atoms with van der Waals surface area (Å²) < 4.78 is 23.9. The third kappa shape index (κ3) is 4.24. The second kappa shape index (κ2) is 9.02. The number of ether oxygens (including phenoxy) is 4. The molecule has 0 bridgehead atoms. The third-order valence-corrected chi connectivity index (χ3v) is 5.94. The summed E-state index contributed by atoms with van der Waals surface area (Å²) in [7, 11) is 4.93. The first-order chi connectivity index (χ1) is 17.0. The maximum Gasteiger partial charge on any atom is 0.337 e. The molecule has 1 aliphatic heterocycles. The number of allylic oxidation sites excluding steroid dienone is 1. The minimum Gasteiger partial charge on any atom is -0.497 e. The summed E-state index contributed by atoms with van der Waals surface area (Å²) >= 11 is 0. The number of nitrogens with zero attached hydrogens (tertiary/aromatic N) is 1. The average molecular weight is 469 g/mol. The van der Waals surface area contributed by atoms with Crippen molar-refractivity contribution in [1.29, 1.82) is 0 Å². The molecule has 0 amide bonds. The number of ketones is 1. The van der Waals surface area contributed by atoms with E-state index in [1.54, 1.807) is 55.7 Å². The third-order valence-electron chi connectivity index (χ3n) is 5.94. The number of aryl methyl sites for hydroxylation is 1. The van der Waals surface area contributed by atoms with Gasteiger partial charge in [-0.2, -0.15) is 0 Å². The number of esters is 1. The zero-order valence-electron chi connectivity index (χ0n) is 19.5. The highest BCUT2D eigenvalue weighted by Gasteiger charge is 2.28. The number of aromatic nitrogens is 1. The highest BCUT2D eigenvalue weighted by molar-refractivity contribution is 6.15. The van der Waals surface area contributed by atoms with Crippen LogP contribution < -0.4 is 14.2 Å². The van der Waals surface area contributed by atoms with Gasteiger partial charge < -0.3 is 23.5 Å². The molecule has 7 heteroatoms. The Bertz CT molecular complexity index is 1480. The predicted molar refractivity (Wildman–Crippen MR) is 131 cm³/mol. The Morgan fingerprint density at radius 3 is 2.51 bits per heavy atom. The number of benzene rings is 3. The summed E-state index contributed by atoms with van der Waals surface area (Å²) in [5.74, 6) is 1.47. The van der Waals surface area contributed by atoms with Crippen LogP contribution in [0.1, 0.15) is 31.8 Å². The molecule has 0 saturated heterocycles. The van der Waals surface area contributed by atoms with Gasteiger partial charge in [-0.1, -0.05) is 12.1 Å². The normalized spacial score (nSPS) is 13.6. The van der Waals surface area contributed by atoms with Crippen LogP contribution in [0.5, 0.6) is 17.2 Å². The quantitative estimate of drug-likeness (QED) is 0.287. The van der Waals surface area contributed by atoms with Gasteiger partial charge in [-0.25, -0.2) is 4.79 Å². The van der Waals surface area contributed by atoms with Gasteiger partial charge in [0, 0.05) is 35.8 Å². The van der Waals surface area contributed by atoms with Crippen LogP contribution >= 0.6 is 0 Å². The number of rotatable bonds is 6. The Morgan fingerprint density at radius 1 is 1.00 bits per heavy atom. The minimum atomic E-state index is -0.385. The molecule has 0 fully saturated rings. The molecule has 0 aliphatic carbocycles. The molecule has 0 saturated carbocycles. The van der Waals surface area contributed by atoms with Gasteiger partial charge in [0.1, 0.15) is 23.9 Å². The lowest BCUT2D eigenvalue weighted by atomic mass is 10.1. The first-order valence-electron chi connectivity index (χ1n) is 11.0. The molecule has 0 N–H and O–H groups in total. The lowest BCUT2D eigenvalue weighted by Gasteiger charge is -2.08. The Balaban J connectivity index is 1.34. The second-order valence-electron chi connectivity index (χ2n) is 8.15. The topological polar surface area (TPSA) is 76.0 Å². The molecule has 0 radical (unpaired) electrons. The van der Waals surface area contributed by atoms with Crippen LogP contribution in [-0.4, -0.2) is 30.5 Å². The van der Waals surface area contributed by atoms with Crippen molar-refractivity contribution >= 4 is 28.7 Å². The number of carbonyl (C=O) groups is 2. The first kappa shape index (κ1) is 22.3. The van der Waals surface area contributed by atoms with E-state index < -0.39 is 0 Å². The summed E-state index contributed by atoms with van der Waals surface area (Å²) in [5.41, 5.74) is 3.75. The Kier molecular flexibility index (Phi) is 5.74. The van der Waals surface area contributed by atoms with Crippen molar-refractivity contribution in [2.45, 2.75) is 6.61 Å². The molecule has 0 unspecified atom stereocenters. The molecular weight excluding hydrogens is 446 g/mol. The fourth-order valence-corrected chi connectivity index (χ4v) is 4.06. The summed E-state index contributed by atoms with van der Waals surface area (Å²) in [5, 5.41) is 0.967. The molecule has 2 heterocycles. The lowest BCUT2D eigenvalue weighted by Crippen LogP contribution is -2.02. The van der Waals surface area contributed by atoms with Gasteiger partial charge in [0.15, 0.2) is 5.76 Å². The van der Waals surface area contributed by atoms with Crippen LogP contribution in [0.15, 0.2) is 72.6 Å². The first-order valence-corrected chi connectivity index (χ1v) is 11.0. The van der Waals surface area contributed by atoms with E-state index in [4.69, 9.17) is 18.9 Å². The molecule has 176 valence electrons. The van der Waals surface area contributed by atoms with Gasteiger partial charge >= 0.3 is 5.97 Å². The van der Waals surface area contributed by atoms with Crippen molar-refractivity contribution in [2.24, 2.45) is 7.05 Å². The molecule has 0 spiro atoms. The molecule has 1 aromatic heterocycles. The maximum absolute atomic E-state index is 13.0. The minimum absolute atomic E-state index is 0.176. The lowest BCUT2D eigenvalue weighted by molar-refractivity contribution is 0.0600. The highest BCUT2D eigenvalue weighted by atomic mass is 16.5. The fourth-order valence-electron chi connectivity index (χ4n) is 4.06. The van der Waals surface area contributed by atoms with Crippen molar-refractivity contribution in [3.05, 3.63) is 94.9 Å². The van der Waals surface area contributed by atoms with Crippen molar-refractivity contribution in [3.8, 4) is 17.2 Å². The van der Waals surface area contributed by atoms with E-state index in [0.29, 0.717) is 29.2 Å². The molecule has 3 aromatic carbocycles. The van der Waals surface area contributed by atoms with E-state index in [0.717, 1.165) is 27.8 Å². The van der Waals surface area contributed by atoms with Gasteiger partial charge in [-0.3, -0.25) is 4.79 Å². The molecular formula is C28H23NO6. The second-order valence-corrected chi connectivity index (χ2v) is 8.15. The number of fused-ring (bicyclic) bond motifs is 2. The summed E-state index contributed by atoms with van der Waals surface area (Å²) in [6, 6.07) is 18.0. The zero-order valence-corrected chi connectivity index (χ0v) is 19.5. The van der Waals surface area contributed by atoms with Crippen LogP contribution in [-0.2, 0) is 18.4 Å². The van der Waals surface area contributed by atoms with Gasteiger partial charge in [-0.05, 0) is 54.1 Å². The number of methoxy groups -OCH3 is 2. The average Bonchev–Trinajstić information content (AvgIpc) is 3.37. The summed E-state index contributed by atoms with van der Waals surface area (Å²) in [4.78, 5) is 24.5. The van der Waals surface area contributed by atoms with E-state index in [9.17, 15) is 9.59 Å². The summed E-state index contributed by atoms with van der Waals surface area (Å²) in [6.45, 7) is 0.300. The largest absolute Gasteiger partial charge is 0.497 e. The highest BCUT2D eigenvalue weighted by Crippen LogP contribution is 2.36. The van der Waals surface area contributed by atoms with Gasteiger partial charge in [0.2, 0.25) is 5.78 Å². The monoisotopic (exact) mass is 469 g/mol. The van der Waals surface area contributed by atoms with Crippen molar-refractivity contribution in [2.75, 3.05) is 14.2 Å². The number of hydrogen-bond donors (Lipinski definition) is 0. The van der Waals surface area contributed by atoms with Crippen LogP contribution in [0.4, 0.5) is 0 Å². The standard InChI is InChI=1S/C28H23NO6/c1-29-15-19(23-13-20(32-2)9-11-24(23)29)12-26-27(30)22-10-8-21(14-25(22)35-26)34-16-17-4-6-18(7-5-17)28(31)33-3/h4-15H,16H2,1-3H3/b26-12+. The Labute approximate surface area is 202 Å². The number of hydrogen-bond acceptors (Lipinski definition) is 6. The van der Waals surface area contributed by atoms with E-state index in [1.807, 2.05) is 36.0 Å². The SMILES string of the molecule is COC(=O)c1ccc(COc2ccc3c(c2)O/C(=C/c2cn(C)c4ccc(OC)cc24)C3=O)cc1. The molecule has 35 heavy (non-hydrogen) atoms. The summed E-state index contributed by atoms with van der Waals surface area (Å²) in [6.07, 6.45) is 3.71. The van der Waals surface area contributed by atoms with Crippen LogP contribution in [0, 0.1) is 0 Å². The molecule has 5 rings (SSSR count).